The fraction of sp³-hybridized carbons (Fsp3) is 0.357. The normalized spacial score (nSPS) is 11.2. The molecule has 19 heavy (non-hydrogen) atoms. The Morgan fingerprint density at radius 3 is 2.68 bits per heavy atom. The molecule has 0 saturated carbocycles. The molecule has 0 fully saturated rings. The van der Waals surface area contributed by atoms with Crippen LogP contribution in [0.15, 0.2) is 34.9 Å². The summed E-state index contributed by atoms with van der Waals surface area (Å²) in [6.07, 6.45) is 1.63. The van der Waals surface area contributed by atoms with E-state index >= 15 is 0 Å². The molecule has 102 valence electrons. The minimum atomic E-state index is -0.274. The molecule has 2 aromatic rings. The van der Waals surface area contributed by atoms with Gasteiger partial charge in [-0.05, 0) is 30.8 Å². The lowest BCUT2D eigenvalue weighted by Gasteiger charge is -2.16. The molecule has 0 radical (unpaired) electrons. The number of halogens is 1. The van der Waals surface area contributed by atoms with E-state index in [-0.39, 0.29) is 12.4 Å². The second kappa shape index (κ2) is 6.45. The summed E-state index contributed by atoms with van der Waals surface area (Å²) in [5.41, 5.74) is 0.797. The highest BCUT2D eigenvalue weighted by Gasteiger charge is 2.10. The summed E-state index contributed by atoms with van der Waals surface area (Å²) in [6, 6.07) is 6.10. The van der Waals surface area contributed by atoms with Crippen LogP contribution in [0, 0.1) is 5.82 Å². The molecule has 1 aromatic carbocycles. The number of aromatic nitrogens is 1. The summed E-state index contributed by atoms with van der Waals surface area (Å²) in [6.45, 7) is 4.08. The van der Waals surface area contributed by atoms with E-state index in [9.17, 15) is 4.39 Å². The molecule has 2 rings (SSSR count). The molecule has 0 atom stereocenters. The van der Waals surface area contributed by atoms with Gasteiger partial charge in [0.05, 0.1) is 19.3 Å². The van der Waals surface area contributed by atoms with Crippen molar-refractivity contribution >= 4 is 0 Å². The first-order valence-corrected chi connectivity index (χ1v) is 6.26. The minimum Gasteiger partial charge on any atom is -0.439 e. The second-order valence-corrected chi connectivity index (χ2v) is 4.22. The van der Waals surface area contributed by atoms with E-state index in [1.807, 2.05) is 11.8 Å². The van der Waals surface area contributed by atoms with Crippen molar-refractivity contribution in [3.63, 3.8) is 0 Å². The number of rotatable bonds is 6. The van der Waals surface area contributed by atoms with Crippen molar-refractivity contribution in [3.8, 4) is 11.3 Å². The average molecular weight is 264 g/mol. The Bertz CT molecular complexity index is 510. The quantitative estimate of drug-likeness (QED) is 0.869. The second-order valence-electron chi connectivity index (χ2n) is 4.22. The van der Waals surface area contributed by atoms with Crippen molar-refractivity contribution in [2.24, 2.45) is 0 Å². The van der Waals surface area contributed by atoms with Gasteiger partial charge in [0.2, 0.25) is 5.89 Å². The van der Waals surface area contributed by atoms with Gasteiger partial charge in [0.1, 0.15) is 5.82 Å². The number of likely N-dealkylation sites (N-methyl/N-ethyl adjacent to an activating group) is 1. The van der Waals surface area contributed by atoms with Crippen LogP contribution in [0.1, 0.15) is 12.8 Å². The molecule has 0 amide bonds. The van der Waals surface area contributed by atoms with Gasteiger partial charge in [0.15, 0.2) is 5.76 Å². The highest BCUT2D eigenvalue weighted by Crippen LogP contribution is 2.21. The third kappa shape index (κ3) is 3.62. The van der Waals surface area contributed by atoms with Crippen LogP contribution in [0.3, 0.4) is 0 Å². The number of aliphatic hydroxyl groups excluding tert-OH is 1. The third-order valence-corrected chi connectivity index (χ3v) is 2.90. The summed E-state index contributed by atoms with van der Waals surface area (Å²) in [7, 11) is 0. The van der Waals surface area contributed by atoms with Gasteiger partial charge >= 0.3 is 0 Å². The number of oxazole rings is 1. The summed E-state index contributed by atoms with van der Waals surface area (Å²) >= 11 is 0. The molecule has 0 aliphatic carbocycles. The maximum absolute atomic E-state index is 12.8. The Kier molecular flexibility index (Phi) is 4.65. The molecule has 0 bridgehead atoms. The zero-order valence-corrected chi connectivity index (χ0v) is 10.8. The average Bonchev–Trinajstić information content (AvgIpc) is 2.87. The molecule has 1 N–H and O–H groups in total. The molecule has 0 aliphatic rings. The lowest BCUT2D eigenvalue weighted by molar-refractivity contribution is 0.185. The van der Waals surface area contributed by atoms with E-state index in [2.05, 4.69) is 4.98 Å². The molecule has 0 aliphatic heterocycles. The van der Waals surface area contributed by atoms with Crippen LogP contribution in [0.2, 0.25) is 0 Å². The van der Waals surface area contributed by atoms with E-state index in [1.165, 1.54) is 12.1 Å². The molecule has 0 saturated heterocycles. The van der Waals surface area contributed by atoms with Crippen molar-refractivity contribution in [2.45, 2.75) is 13.5 Å². The van der Waals surface area contributed by atoms with Crippen molar-refractivity contribution in [1.29, 1.82) is 0 Å². The topological polar surface area (TPSA) is 49.5 Å². The highest BCUT2D eigenvalue weighted by molar-refractivity contribution is 5.55. The van der Waals surface area contributed by atoms with Gasteiger partial charge in [-0.1, -0.05) is 6.92 Å². The van der Waals surface area contributed by atoms with Crippen molar-refractivity contribution in [1.82, 2.24) is 9.88 Å². The largest absolute Gasteiger partial charge is 0.439 e. The van der Waals surface area contributed by atoms with Crippen LogP contribution in [-0.4, -0.2) is 34.7 Å². The maximum atomic E-state index is 12.8. The smallest absolute Gasteiger partial charge is 0.209 e. The molecular formula is C14H17FN2O2. The fourth-order valence-electron chi connectivity index (χ4n) is 1.81. The number of hydrogen-bond acceptors (Lipinski definition) is 4. The van der Waals surface area contributed by atoms with Gasteiger partial charge in [-0.15, -0.1) is 0 Å². The number of benzene rings is 1. The third-order valence-electron chi connectivity index (χ3n) is 2.90. The van der Waals surface area contributed by atoms with E-state index < -0.39 is 0 Å². The minimum absolute atomic E-state index is 0.110. The van der Waals surface area contributed by atoms with E-state index in [0.717, 1.165) is 12.1 Å². The molecule has 1 heterocycles. The Hall–Kier alpha value is -1.72. The van der Waals surface area contributed by atoms with Gasteiger partial charge in [0, 0.05) is 12.1 Å². The van der Waals surface area contributed by atoms with Crippen LogP contribution < -0.4 is 0 Å². The van der Waals surface area contributed by atoms with Crippen LogP contribution in [0.25, 0.3) is 11.3 Å². The van der Waals surface area contributed by atoms with Crippen molar-refractivity contribution in [3.05, 3.63) is 42.2 Å². The lowest BCUT2D eigenvalue weighted by atomic mass is 10.2. The van der Waals surface area contributed by atoms with E-state index in [0.29, 0.717) is 24.7 Å². The van der Waals surface area contributed by atoms with Crippen LogP contribution >= 0.6 is 0 Å². The monoisotopic (exact) mass is 264 g/mol. The molecule has 5 heteroatoms. The van der Waals surface area contributed by atoms with Crippen LogP contribution in [0.5, 0.6) is 0 Å². The number of hydrogen-bond donors (Lipinski definition) is 1. The molecule has 0 unspecified atom stereocenters. The standard InChI is InChI=1S/C14H17FN2O2/c1-2-17(7-8-18)10-14-16-9-13(19-14)11-3-5-12(15)6-4-11/h3-6,9,18H,2,7-8,10H2,1H3. The van der Waals surface area contributed by atoms with Gasteiger partial charge in [-0.3, -0.25) is 4.90 Å². The summed E-state index contributed by atoms with van der Waals surface area (Å²) < 4.78 is 18.5. The number of nitrogens with zero attached hydrogens (tertiary/aromatic N) is 2. The van der Waals surface area contributed by atoms with Crippen molar-refractivity contribution in [2.75, 3.05) is 19.7 Å². The van der Waals surface area contributed by atoms with E-state index in [1.54, 1.807) is 18.3 Å². The predicted octanol–water partition coefficient (Wildman–Crippen LogP) is 2.29. The lowest BCUT2D eigenvalue weighted by Crippen LogP contribution is -2.26. The zero-order chi connectivity index (χ0) is 13.7. The molecule has 0 spiro atoms. The summed E-state index contributed by atoms with van der Waals surface area (Å²) in [5.74, 6) is 0.938. The predicted molar refractivity (Wildman–Crippen MR) is 69.9 cm³/mol. The first-order valence-electron chi connectivity index (χ1n) is 6.26. The zero-order valence-electron chi connectivity index (χ0n) is 10.8. The molecule has 1 aromatic heterocycles. The van der Waals surface area contributed by atoms with Crippen molar-refractivity contribution < 1.29 is 13.9 Å². The Labute approximate surface area is 111 Å². The van der Waals surface area contributed by atoms with Crippen LogP contribution in [-0.2, 0) is 6.54 Å². The SMILES string of the molecule is CCN(CCO)Cc1ncc(-c2ccc(F)cc2)o1. The fourth-order valence-corrected chi connectivity index (χ4v) is 1.81. The van der Waals surface area contributed by atoms with Gasteiger partial charge in [-0.25, -0.2) is 9.37 Å². The Morgan fingerprint density at radius 2 is 2.05 bits per heavy atom. The van der Waals surface area contributed by atoms with Gasteiger partial charge in [-0.2, -0.15) is 0 Å². The Balaban J connectivity index is 2.08. The van der Waals surface area contributed by atoms with E-state index in [4.69, 9.17) is 9.52 Å². The maximum Gasteiger partial charge on any atom is 0.209 e. The first-order chi connectivity index (χ1) is 9.22. The van der Waals surface area contributed by atoms with Gasteiger partial charge < -0.3 is 9.52 Å². The first kappa shape index (κ1) is 13.7. The highest BCUT2D eigenvalue weighted by atomic mass is 19.1. The number of aliphatic hydroxyl groups is 1. The van der Waals surface area contributed by atoms with Gasteiger partial charge in [0.25, 0.3) is 0 Å². The molecule has 4 nitrogen and oxygen atoms in total. The van der Waals surface area contributed by atoms with Crippen LogP contribution in [0.4, 0.5) is 4.39 Å². The summed E-state index contributed by atoms with van der Waals surface area (Å²) in [5, 5.41) is 8.93. The summed E-state index contributed by atoms with van der Waals surface area (Å²) in [4.78, 5) is 6.23. The molecular weight excluding hydrogens is 247 g/mol. The Morgan fingerprint density at radius 1 is 1.32 bits per heavy atom.